The fraction of sp³-hybridized carbons (Fsp3) is 0.571. The molecule has 0 spiro atoms. The third-order valence-electron chi connectivity index (χ3n) is 3.87. The van der Waals surface area contributed by atoms with Gasteiger partial charge in [-0.3, -0.25) is 0 Å². The normalized spacial score (nSPS) is 20.0. The number of rotatable bonds is 3. The average Bonchev–Trinajstić information content (AvgIpc) is 2.37. The van der Waals surface area contributed by atoms with Gasteiger partial charge >= 0.3 is 0 Å². The van der Waals surface area contributed by atoms with Crippen molar-refractivity contribution in [3.8, 4) is 0 Å². The quantitative estimate of drug-likeness (QED) is 0.900. The molecule has 0 aromatic heterocycles. The first-order valence-corrected chi connectivity index (χ1v) is 8.89. The molecule has 1 aromatic carbocycles. The zero-order chi connectivity index (χ0) is 15.0. The molecule has 0 radical (unpaired) electrons. The minimum atomic E-state index is -3.46. The number of benzene rings is 1. The monoisotopic (exact) mass is 361 g/mol. The second-order valence-electron chi connectivity index (χ2n) is 5.99. The maximum absolute atomic E-state index is 12.7. The van der Waals surface area contributed by atoms with Gasteiger partial charge in [-0.15, -0.1) is 0 Å². The van der Waals surface area contributed by atoms with Crippen molar-refractivity contribution in [3.63, 3.8) is 0 Å². The van der Waals surface area contributed by atoms with Gasteiger partial charge in [0.05, 0.1) is 11.5 Å². The molecule has 0 atom stereocenters. The Morgan fingerprint density at radius 2 is 1.90 bits per heavy atom. The second kappa shape index (κ2) is 5.75. The van der Waals surface area contributed by atoms with Crippen molar-refractivity contribution in [1.82, 2.24) is 4.31 Å². The summed E-state index contributed by atoms with van der Waals surface area (Å²) in [7, 11) is -3.46. The molecule has 0 bridgehead atoms. The van der Waals surface area contributed by atoms with Crippen LogP contribution in [0.4, 0.5) is 0 Å². The first kappa shape index (κ1) is 15.9. The van der Waals surface area contributed by atoms with E-state index in [0.29, 0.717) is 23.1 Å². The second-order valence-corrected chi connectivity index (χ2v) is 8.75. The summed E-state index contributed by atoms with van der Waals surface area (Å²) in [4.78, 5) is 0.273. The summed E-state index contributed by atoms with van der Waals surface area (Å²) in [6.07, 6.45) is 1.75. The van der Waals surface area contributed by atoms with Crippen LogP contribution in [0.25, 0.3) is 0 Å². The lowest BCUT2D eigenvalue weighted by atomic mass is 9.83. The third-order valence-corrected chi connectivity index (χ3v) is 6.75. The van der Waals surface area contributed by atoms with Crippen LogP contribution in [0.2, 0.25) is 0 Å². The van der Waals surface area contributed by atoms with Gasteiger partial charge < -0.3 is 5.11 Å². The van der Waals surface area contributed by atoms with Crippen molar-refractivity contribution in [2.24, 2.45) is 5.41 Å². The highest BCUT2D eigenvalue weighted by Gasteiger charge is 2.33. The van der Waals surface area contributed by atoms with E-state index in [1.54, 1.807) is 22.5 Å². The smallest absolute Gasteiger partial charge is 0.244 e. The predicted molar refractivity (Wildman–Crippen MR) is 81.8 cm³/mol. The molecule has 0 saturated carbocycles. The Labute approximate surface area is 129 Å². The Balaban J connectivity index is 2.27. The molecule has 1 aromatic rings. The van der Waals surface area contributed by atoms with Crippen molar-refractivity contribution >= 4 is 26.0 Å². The molecule has 1 N–H and O–H groups in total. The van der Waals surface area contributed by atoms with Crippen LogP contribution in [0.15, 0.2) is 27.6 Å². The van der Waals surface area contributed by atoms with Crippen LogP contribution in [-0.4, -0.2) is 30.9 Å². The molecule has 1 saturated heterocycles. The fourth-order valence-electron chi connectivity index (χ4n) is 2.32. The van der Waals surface area contributed by atoms with Gasteiger partial charge in [0.1, 0.15) is 0 Å². The highest BCUT2D eigenvalue weighted by molar-refractivity contribution is 9.10. The van der Waals surface area contributed by atoms with Crippen molar-refractivity contribution in [2.45, 2.75) is 38.2 Å². The molecule has 1 aliphatic heterocycles. The number of hydrogen-bond acceptors (Lipinski definition) is 3. The van der Waals surface area contributed by atoms with E-state index < -0.39 is 10.0 Å². The zero-order valence-corrected chi connectivity index (χ0v) is 14.2. The summed E-state index contributed by atoms with van der Waals surface area (Å²) in [6, 6.07) is 4.86. The first-order chi connectivity index (χ1) is 9.26. The van der Waals surface area contributed by atoms with E-state index in [-0.39, 0.29) is 16.9 Å². The molecular weight excluding hydrogens is 342 g/mol. The van der Waals surface area contributed by atoms with Crippen LogP contribution < -0.4 is 0 Å². The molecule has 1 fully saturated rings. The van der Waals surface area contributed by atoms with Crippen molar-refractivity contribution in [2.75, 3.05) is 13.1 Å². The van der Waals surface area contributed by atoms with E-state index in [1.807, 2.05) is 0 Å². The predicted octanol–water partition coefficient (Wildman–Crippen LogP) is 2.75. The van der Waals surface area contributed by atoms with Gasteiger partial charge in [0, 0.05) is 17.6 Å². The average molecular weight is 362 g/mol. The SMILES string of the molecule is CC1(C)CCN(S(=O)(=O)c2ccc(CO)cc2Br)CC1. The lowest BCUT2D eigenvalue weighted by Crippen LogP contribution is -2.41. The van der Waals surface area contributed by atoms with Gasteiger partial charge in [-0.1, -0.05) is 19.9 Å². The number of hydrogen-bond donors (Lipinski definition) is 1. The highest BCUT2D eigenvalue weighted by atomic mass is 79.9. The maximum Gasteiger partial charge on any atom is 0.244 e. The number of aliphatic hydroxyl groups excluding tert-OH is 1. The van der Waals surface area contributed by atoms with E-state index in [9.17, 15) is 8.42 Å². The molecular formula is C14H20BrNO3S. The minimum absolute atomic E-state index is 0.100. The van der Waals surface area contributed by atoms with Crippen LogP contribution in [0.1, 0.15) is 32.3 Å². The van der Waals surface area contributed by atoms with E-state index in [1.165, 1.54) is 0 Å². The topological polar surface area (TPSA) is 57.6 Å². The van der Waals surface area contributed by atoms with Crippen molar-refractivity contribution in [3.05, 3.63) is 28.2 Å². The Bertz CT molecular complexity index is 588. The van der Waals surface area contributed by atoms with E-state index >= 15 is 0 Å². The summed E-state index contributed by atoms with van der Waals surface area (Å²) >= 11 is 3.30. The molecule has 0 aliphatic carbocycles. The number of piperidine rings is 1. The van der Waals surface area contributed by atoms with Crippen LogP contribution in [0, 0.1) is 5.41 Å². The van der Waals surface area contributed by atoms with Crippen molar-refractivity contribution < 1.29 is 13.5 Å². The minimum Gasteiger partial charge on any atom is -0.392 e. The summed E-state index contributed by atoms with van der Waals surface area (Å²) in [5.74, 6) is 0. The highest BCUT2D eigenvalue weighted by Crippen LogP contribution is 2.34. The first-order valence-electron chi connectivity index (χ1n) is 6.66. The summed E-state index contributed by atoms with van der Waals surface area (Å²) < 4.78 is 27.4. The number of sulfonamides is 1. The summed E-state index contributed by atoms with van der Waals surface area (Å²) in [5, 5.41) is 9.08. The number of aliphatic hydroxyl groups is 1. The van der Waals surface area contributed by atoms with Gasteiger partial charge in [0.25, 0.3) is 0 Å². The Morgan fingerprint density at radius 1 is 1.30 bits per heavy atom. The Morgan fingerprint density at radius 3 is 2.40 bits per heavy atom. The molecule has 0 unspecified atom stereocenters. The van der Waals surface area contributed by atoms with E-state index in [2.05, 4.69) is 29.8 Å². The van der Waals surface area contributed by atoms with Gasteiger partial charge in [0.2, 0.25) is 10.0 Å². The lowest BCUT2D eigenvalue weighted by molar-refractivity contribution is 0.196. The standard InChI is InChI=1S/C14H20BrNO3S/c1-14(2)5-7-16(8-6-14)20(18,19)13-4-3-11(10-17)9-12(13)15/h3-4,9,17H,5-8,10H2,1-2H3. The third kappa shape index (κ3) is 3.24. The van der Waals surface area contributed by atoms with Crippen molar-refractivity contribution in [1.29, 1.82) is 0 Å². The van der Waals surface area contributed by atoms with Crippen LogP contribution in [0.3, 0.4) is 0 Å². The molecule has 0 amide bonds. The van der Waals surface area contributed by atoms with E-state index in [4.69, 9.17) is 5.11 Å². The molecule has 4 nitrogen and oxygen atoms in total. The van der Waals surface area contributed by atoms with E-state index in [0.717, 1.165) is 12.8 Å². The molecule has 6 heteroatoms. The lowest BCUT2D eigenvalue weighted by Gasteiger charge is -2.36. The van der Waals surface area contributed by atoms with Crippen LogP contribution >= 0.6 is 15.9 Å². The zero-order valence-electron chi connectivity index (χ0n) is 11.8. The molecule has 20 heavy (non-hydrogen) atoms. The maximum atomic E-state index is 12.7. The van der Waals surface area contributed by atoms with Crippen LogP contribution in [0.5, 0.6) is 0 Å². The molecule has 2 rings (SSSR count). The van der Waals surface area contributed by atoms with Gasteiger partial charge in [-0.2, -0.15) is 4.31 Å². The van der Waals surface area contributed by atoms with Gasteiger partial charge in [-0.25, -0.2) is 8.42 Å². The number of nitrogens with zero attached hydrogens (tertiary/aromatic N) is 1. The van der Waals surface area contributed by atoms with Gasteiger partial charge in [-0.05, 0) is 51.9 Å². The fourth-order valence-corrected chi connectivity index (χ4v) is 4.85. The molecule has 1 heterocycles. The largest absolute Gasteiger partial charge is 0.392 e. The summed E-state index contributed by atoms with van der Waals surface area (Å²) in [6.45, 7) is 5.36. The van der Waals surface area contributed by atoms with Gasteiger partial charge in [0.15, 0.2) is 0 Å². The van der Waals surface area contributed by atoms with Crippen LogP contribution in [-0.2, 0) is 16.6 Å². The summed E-state index contributed by atoms with van der Waals surface area (Å²) in [5.41, 5.74) is 0.903. The molecule has 112 valence electrons. The number of halogens is 1. The Hall–Kier alpha value is -0.430. The molecule has 1 aliphatic rings. The Kier molecular flexibility index (Phi) is 4.59.